The molecule has 0 aliphatic rings. The van der Waals surface area contributed by atoms with Crippen LogP contribution in [0.2, 0.25) is 0 Å². The van der Waals surface area contributed by atoms with Crippen LogP contribution in [0.5, 0.6) is 0 Å². The number of hydrogen-bond acceptors (Lipinski definition) is 4. The molecule has 2 rings (SSSR count). The normalized spacial score (nSPS) is 11.9. The van der Waals surface area contributed by atoms with E-state index in [9.17, 15) is 4.79 Å². The van der Waals surface area contributed by atoms with E-state index in [0.717, 1.165) is 17.0 Å². The summed E-state index contributed by atoms with van der Waals surface area (Å²) in [6.45, 7) is 3.97. The van der Waals surface area contributed by atoms with E-state index in [2.05, 4.69) is 5.32 Å². The van der Waals surface area contributed by atoms with Gasteiger partial charge in [0.2, 0.25) is 0 Å². The first kappa shape index (κ1) is 13.2. The molecule has 0 bridgehead atoms. The standard InChI is InChI=1S/C15H17NO3/c1-10-9-12(15(17)18-3)6-7-13(10)16-11(2)14-5-4-8-19-14/h4-9,11,16H,1-3H3. The van der Waals surface area contributed by atoms with Crippen LogP contribution in [0.1, 0.15) is 34.6 Å². The first-order chi connectivity index (χ1) is 9.11. The molecule has 4 heteroatoms. The second-order valence-corrected chi connectivity index (χ2v) is 4.40. The molecule has 1 aromatic carbocycles. The maximum absolute atomic E-state index is 11.4. The molecule has 19 heavy (non-hydrogen) atoms. The summed E-state index contributed by atoms with van der Waals surface area (Å²) in [7, 11) is 1.38. The minimum Gasteiger partial charge on any atom is -0.467 e. The number of furan rings is 1. The Morgan fingerprint density at radius 1 is 1.37 bits per heavy atom. The SMILES string of the molecule is COC(=O)c1ccc(NC(C)c2ccco2)c(C)c1. The number of hydrogen-bond donors (Lipinski definition) is 1. The summed E-state index contributed by atoms with van der Waals surface area (Å²) in [5.74, 6) is 0.546. The van der Waals surface area contributed by atoms with E-state index < -0.39 is 0 Å². The van der Waals surface area contributed by atoms with Crippen molar-refractivity contribution in [2.45, 2.75) is 19.9 Å². The molecule has 0 aliphatic carbocycles. The van der Waals surface area contributed by atoms with Gasteiger partial charge in [0.25, 0.3) is 0 Å². The summed E-state index contributed by atoms with van der Waals surface area (Å²) < 4.78 is 10.0. The van der Waals surface area contributed by atoms with E-state index in [-0.39, 0.29) is 12.0 Å². The topological polar surface area (TPSA) is 51.5 Å². The van der Waals surface area contributed by atoms with Crippen molar-refractivity contribution in [1.29, 1.82) is 0 Å². The zero-order chi connectivity index (χ0) is 13.8. The summed E-state index contributed by atoms with van der Waals surface area (Å²) in [5.41, 5.74) is 2.51. The number of methoxy groups -OCH3 is 1. The Balaban J connectivity index is 2.15. The Hall–Kier alpha value is -2.23. The minimum absolute atomic E-state index is 0.0673. The van der Waals surface area contributed by atoms with Gasteiger partial charge in [0, 0.05) is 5.69 Å². The molecule has 0 spiro atoms. The highest BCUT2D eigenvalue weighted by molar-refractivity contribution is 5.90. The minimum atomic E-state index is -0.325. The molecule has 1 atom stereocenters. The van der Waals surface area contributed by atoms with Gasteiger partial charge in [-0.25, -0.2) is 4.79 Å². The van der Waals surface area contributed by atoms with Crippen LogP contribution in [-0.2, 0) is 4.74 Å². The Bertz CT molecular complexity index is 561. The van der Waals surface area contributed by atoms with Crippen molar-refractivity contribution in [3.8, 4) is 0 Å². The highest BCUT2D eigenvalue weighted by atomic mass is 16.5. The molecule has 2 aromatic rings. The van der Waals surface area contributed by atoms with Crippen LogP contribution < -0.4 is 5.32 Å². The summed E-state index contributed by atoms with van der Waals surface area (Å²) in [4.78, 5) is 11.4. The number of ether oxygens (including phenoxy) is 1. The van der Waals surface area contributed by atoms with Gasteiger partial charge in [0.1, 0.15) is 5.76 Å². The van der Waals surface area contributed by atoms with Gasteiger partial charge in [-0.2, -0.15) is 0 Å². The van der Waals surface area contributed by atoms with Crippen LogP contribution in [0.3, 0.4) is 0 Å². The molecule has 100 valence electrons. The Morgan fingerprint density at radius 3 is 2.74 bits per heavy atom. The molecule has 4 nitrogen and oxygen atoms in total. The number of carbonyl (C=O) groups is 1. The lowest BCUT2D eigenvalue weighted by Gasteiger charge is -2.15. The molecule has 0 fully saturated rings. The van der Waals surface area contributed by atoms with Crippen LogP contribution in [0.4, 0.5) is 5.69 Å². The molecule has 1 N–H and O–H groups in total. The highest BCUT2D eigenvalue weighted by Crippen LogP contribution is 2.23. The number of anilines is 1. The third-order valence-electron chi connectivity index (χ3n) is 2.99. The predicted molar refractivity (Wildman–Crippen MR) is 73.3 cm³/mol. The number of benzene rings is 1. The molecule has 0 amide bonds. The van der Waals surface area contributed by atoms with Crippen molar-refractivity contribution in [3.63, 3.8) is 0 Å². The number of nitrogens with one attached hydrogen (secondary N) is 1. The monoisotopic (exact) mass is 259 g/mol. The fourth-order valence-corrected chi connectivity index (χ4v) is 1.91. The first-order valence-electron chi connectivity index (χ1n) is 6.10. The molecule has 0 saturated carbocycles. The Morgan fingerprint density at radius 2 is 2.16 bits per heavy atom. The molecule has 1 aromatic heterocycles. The lowest BCUT2D eigenvalue weighted by Crippen LogP contribution is -2.08. The van der Waals surface area contributed by atoms with Crippen LogP contribution in [0.15, 0.2) is 41.0 Å². The Labute approximate surface area is 112 Å². The summed E-state index contributed by atoms with van der Waals surface area (Å²) >= 11 is 0. The van der Waals surface area contributed by atoms with Crippen molar-refractivity contribution in [3.05, 3.63) is 53.5 Å². The molecule has 0 radical (unpaired) electrons. The zero-order valence-electron chi connectivity index (χ0n) is 11.3. The smallest absolute Gasteiger partial charge is 0.337 e. The van der Waals surface area contributed by atoms with Crippen molar-refractivity contribution < 1.29 is 13.9 Å². The van der Waals surface area contributed by atoms with Crippen LogP contribution in [0.25, 0.3) is 0 Å². The van der Waals surface area contributed by atoms with Crippen molar-refractivity contribution >= 4 is 11.7 Å². The number of esters is 1. The largest absolute Gasteiger partial charge is 0.467 e. The van der Waals surface area contributed by atoms with Gasteiger partial charge in [-0.05, 0) is 49.7 Å². The summed E-state index contributed by atoms with van der Waals surface area (Å²) in [6.07, 6.45) is 1.65. The van der Waals surface area contributed by atoms with E-state index in [0.29, 0.717) is 5.56 Å². The number of rotatable bonds is 4. The molecular weight excluding hydrogens is 242 g/mol. The average Bonchev–Trinajstić information content (AvgIpc) is 2.94. The van der Waals surface area contributed by atoms with Gasteiger partial charge in [-0.15, -0.1) is 0 Å². The quantitative estimate of drug-likeness (QED) is 0.853. The summed E-state index contributed by atoms with van der Waals surface area (Å²) in [6, 6.07) is 9.29. The van der Waals surface area contributed by atoms with Gasteiger partial charge < -0.3 is 14.5 Å². The van der Waals surface area contributed by atoms with Crippen LogP contribution in [0, 0.1) is 6.92 Å². The van der Waals surface area contributed by atoms with Crippen molar-refractivity contribution in [2.75, 3.05) is 12.4 Å². The molecule has 0 saturated heterocycles. The molecule has 1 unspecified atom stereocenters. The van der Waals surface area contributed by atoms with Gasteiger partial charge >= 0.3 is 5.97 Å². The van der Waals surface area contributed by atoms with Gasteiger partial charge in [-0.3, -0.25) is 0 Å². The maximum Gasteiger partial charge on any atom is 0.337 e. The van der Waals surface area contributed by atoms with E-state index in [1.54, 1.807) is 12.3 Å². The predicted octanol–water partition coefficient (Wildman–Crippen LogP) is 3.55. The second-order valence-electron chi connectivity index (χ2n) is 4.40. The number of carbonyl (C=O) groups excluding carboxylic acids is 1. The average molecular weight is 259 g/mol. The number of aryl methyl sites for hydroxylation is 1. The van der Waals surface area contributed by atoms with Gasteiger partial charge in [0.15, 0.2) is 0 Å². The van der Waals surface area contributed by atoms with E-state index in [1.807, 2.05) is 38.1 Å². The van der Waals surface area contributed by atoms with Gasteiger partial charge in [0.05, 0.1) is 25.0 Å². The van der Waals surface area contributed by atoms with Crippen LogP contribution in [-0.4, -0.2) is 13.1 Å². The lowest BCUT2D eigenvalue weighted by molar-refractivity contribution is 0.0600. The fraction of sp³-hybridized carbons (Fsp3) is 0.267. The Kier molecular flexibility index (Phi) is 3.90. The molecule has 0 aliphatic heterocycles. The van der Waals surface area contributed by atoms with Crippen LogP contribution >= 0.6 is 0 Å². The summed E-state index contributed by atoms with van der Waals surface area (Å²) in [5, 5.41) is 3.35. The lowest BCUT2D eigenvalue weighted by atomic mass is 10.1. The fourth-order valence-electron chi connectivity index (χ4n) is 1.91. The second kappa shape index (κ2) is 5.61. The third kappa shape index (κ3) is 2.96. The molecular formula is C15H17NO3. The van der Waals surface area contributed by atoms with Gasteiger partial charge in [-0.1, -0.05) is 0 Å². The van der Waals surface area contributed by atoms with Crippen molar-refractivity contribution in [2.24, 2.45) is 0 Å². The molecule has 1 heterocycles. The van der Waals surface area contributed by atoms with Crippen molar-refractivity contribution in [1.82, 2.24) is 0 Å². The zero-order valence-corrected chi connectivity index (χ0v) is 11.3. The maximum atomic E-state index is 11.4. The first-order valence-corrected chi connectivity index (χ1v) is 6.10. The van der Waals surface area contributed by atoms with E-state index >= 15 is 0 Å². The highest BCUT2D eigenvalue weighted by Gasteiger charge is 2.11. The van der Waals surface area contributed by atoms with E-state index in [4.69, 9.17) is 9.15 Å². The van der Waals surface area contributed by atoms with E-state index in [1.165, 1.54) is 7.11 Å². The third-order valence-corrected chi connectivity index (χ3v) is 2.99.